The molecule has 2 unspecified atom stereocenters. The van der Waals surface area contributed by atoms with Gasteiger partial charge in [0.25, 0.3) is 0 Å². The van der Waals surface area contributed by atoms with Gasteiger partial charge in [0.05, 0.1) is 0 Å². The first-order valence-electron chi connectivity index (χ1n) is 5.55. The molecule has 0 aromatic rings. The third-order valence-electron chi connectivity index (χ3n) is 3.04. The second-order valence-corrected chi connectivity index (χ2v) is 5.84. The van der Waals surface area contributed by atoms with E-state index in [1.165, 1.54) is 0 Å². The topological polar surface area (TPSA) is 38.3 Å². The number of halogens is 2. The summed E-state index contributed by atoms with van der Waals surface area (Å²) in [6.07, 6.45) is -1.06. The number of carbonyl (C=O) groups is 1. The lowest BCUT2D eigenvalue weighted by Gasteiger charge is -2.21. The maximum absolute atomic E-state index is 12.9. The van der Waals surface area contributed by atoms with Gasteiger partial charge in [0.15, 0.2) is 0 Å². The molecule has 92 valence electrons. The first-order valence-corrected chi connectivity index (χ1v) is 5.55. The van der Waals surface area contributed by atoms with Gasteiger partial charge in [-0.1, -0.05) is 0 Å². The first kappa shape index (κ1) is 11.6. The molecule has 5 heteroatoms. The molecule has 2 atom stereocenters. The fraction of sp³-hybridized carbons (Fsp3) is 0.909. The lowest BCUT2D eigenvalue weighted by molar-refractivity contribution is -0.0185. The Balaban J connectivity index is 1.77. The van der Waals surface area contributed by atoms with Crippen LogP contribution in [0.3, 0.4) is 0 Å². The van der Waals surface area contributed by atoms with Crippen LogP contribution in [0.4, 0.5) is 13.6 Å². The molecule has 0 aromatic heterocycles. The second-order valence-electron chi connectivity index (χ2n) is 5.84. The van der Waals surface area contributed by atoms with Crippen LogP contribution in [0.15, 0.2) is 0 Å². The van der Waals surface area contributed by atoms with Gasteiger partial charge in [-0.3, -0.25) is 0 Å². The Morgan fingerprint density at radius 2 is 1.81 bits per heavy atom. The van der Waals surface area contributed by atoms with E-state index in [1.807, 2.05) is 20.8 Å². The number of alkyl halides is 2. The maximum atomic E-state index is 12.9. The lowest BCUT2D eigenvalue weighted by Crippen LogP contribution is -2.41. The van der Waals surface area contributed by atoms with E-state index in [1.54, 1.807) is 0 Å². The number of hydrogen-bond acceptors (Lipinski definition) is 2. The lowest BCUT2D eigenvalue weighted by atomic mass is 10.1. The molecule has 2 aliphatic carbocycles. The number of alkyl carbamates (subject to hydrolysis) is 1. The van der Waals surface area contributed by atoms with Gasteiger partial charge in [-0.05, 0) is 20.8 Å². The molecular formula is C11H17F2NO2. The van der Waals surface area contributed by atoms with Crippen LogP contribution in [0.5, 0.6) is 0 Å². The van der Waals surface area contributed by atoms with Crippen molar-refractivity contribution in [3.05, 3.63) is 0 Å². The van der Waals surface area contributed by atoms with Crippen molar-refractivity contribution in [2.75, 3.05) is 0 Å². The van der Waals surface area contributed by atoms with Crippen molar-refractivity contribution >= 4 is 6.09 Å². The van der Waals surface area contributed by atoms with E-state index in [-0.39, 0.29) is 36.3 Å². The maximum Gasteiger partial charge on any atom is 0.407 e. The summed E-state index contributed by atoms with van der Waals surface area (Å²) < 4.78 is 30.8. The Hall–Kier alpha value is -0.870. The van der Waals surface area contributed by atoms with Crippen molar-refractivity contribution in [2.24, 2.45) is 11.8 Å². The Morgan fingerprint density at radius 1 is 1.31 bits per heavy atom. The van der Waals surface area contributed by atoms with E-state index in [0.717, 1.165) is 0 Å². The van der Waals surface area contributed by atoms with Gasteiger partial charge in [0.1, 0.15) is 6.10 Å². The zero-order valence-corrected chi connectivity index (χ0v) is 9.72. The standard InChI is InChI=1S/C11H17F2NO2/c1-10(2,3)14-9(15)16-8-6-4-11(12,13)5-7(6)8/h6-8H,4-5H2,1-3H3,(H,14,15). The van der Waals surface area contributed by atoms with Gasteiger partial charge in [-0.15, -0.1) is 0 Å². The Kier molecular flexibility index (Phi) is 2.40. The van der Waals surface area contributed by atoms with E-state index >= 15 is 0 Å². The molecule has 3 nitrogen and oxygen atoms in total. The highest BCUT2D eigenvalue weighted by Gasteiger charge is 2.65. The zero-order valence-electron chi connectivity index (χ0n) is 9.72. The fourth-order valence-corrected chi connectivity index (χ4v) is 2.35. The zero-order chi connectivity index (χ0) is 12.1. The van der Waals surface area contributed by atoms with E-state index in [2.05, 4.69) is 5.32 Å². The number of nitrogens with one attached hydrogen (secondary N) is 1. The average Bonchev–Trinajstić information content (AvgIpc) is 2.54. The third-order valence-corrected chi connectivity index (χ3v) is 3.04. The van der Waals surface area contributed by atoms with Crippen molar-refractivity contribution in [2.45, 2.75) is 51.2 Å². The predicted octanol–water partition coefficient (Wildman–Crippen LogP) is 2.55. The van der Waals surface area contributed by atoms with Gasteiger partial charge in [-0.2, -0.15) is 0 Å². The normalized spacial score (nSPS) is 35.4. The molecule has 0 aromatic carbocycles. The van der Waals surface area contributed by atoms with Crippen LogP contribution >= 0.6 is 0 Å². The second kappa shape index (κ2) is 3.31. The molecule has 16 heavy (non-hydrogen) atoms. The third kappa shape index (κ3) is 2.44. The Morgan fingerprint density at radius 3 is 2.25 bits per heavy atom. The molecule has 1 amide bonds. The van der Waals surface area contributed by atoms with Gasteiger partial charge >= 0.3 is 6.09 Å². The summed E-state index contributed by atoms with van der Waals surface area (Å²) in [4.78, 5) is 11.4. The predicted molar refractivity (Wildman–Crippen MR) is 54.3 cm³/mol. The molecule has 0 heterocycles. The van der Waals surface area contributed by atoms with Crippen LogP contribution in [0.1, 0.15) is 33.6 Å². The van der Waals surface area contributed by atoms with E-state index < -0.39 is 12.0 Å². The highest BCUT2D eigenvalue weighted by atomic mass is 19.3. The average molecular weight is 233 g/mol. The molecule has 2 aliphatic rings. The minimum Gasteiger partial charge on any atom is -0.446 e. The Bertz CT molecular complexity index is 298. The van der Waals surface area contributed by atoms with E-state index in [9.17, 15) is 13.6 Å². The van der Waals surface area contributed by atoms with Gasteiger partial charge < -0.3 is 10.1 Å². The summed E-state index contributed by atoms with van der Waals surface area (Å²) in [6.45, 7) is 5.53. The van der Waals surface area contributed by atoms with Crippen LogP contribution in [0, 0.1) is 11.8 Å². The largest absolute Gasteiger partial charge is 0.446 e. The number of amides is 1. The van der Waals surface area contributed by atoms with Crippen LogP contribution in [-0.2, 0) is 4.74 Å². The Labute approximate surface area is 93.5 Å². The van der Waals surface area contributed by atoms with Gasteiger partial charge in [-0.25, -0.2) is 13.6 Å². The highest BCUT2D eigenvalue weighted by Crippen LogP contribution is 2.59. The quantitative estimate of drug-likeness (QED) is 0.755. The minimum atomic E-state index is -2.55. The van der Waals surface area contributed by atoms with Crippen LogP contribution < -0.4 is 5.32 Å². The number of carbonyl (C=O) groups excluding carboxylic acids is 1. The smallest absolute Gasteiger partial charge is 0.407 e. The molecule has 2 rings (SSSR count). The number of fused-ring (bicyclic) bond motifs is 1. The number of rotatable bonds is 1. The molecule has 2 fully saturated rings. The molecule has 0 spiro atoms. The molecule has 0 saturated heterocycles. The van der Waals surface area contributed by atoms with Gasteiger partial charge in [0.2, 0.25) is 5.92 Å². The van der Waals surface area contributed by atoms with Crippen LogP contribution in [0.2, 0.25) is 0 Å². The summed E-state index contributed by atoms with van der Waals surface area (Å²) in [5.74, 6) is -2.79. The molecule has 2 saturated carbocycles. The van der Waals surface area contributed by atoms with E-state index in [0.29, 0.717) is 0 Å². The fourth-order valence-electron chi connectivity index (χ4n) is 2.35. The summed E-state index contributed by atoms with van der Waals surface area (Å²) in [5.41, 5.74) is -0.356. The van der Waals surface area contributed by atoms with Crippen molar-refractivity contribution in [3.8, 4) is 0 Å². The van der Waals surface area contributed by atoms with Crippen molar-refractivity contribution in [3.63, 3.8) is 0 Å². The molecular weight excluding hydrogens is 216 g/mol. The first-order chi connectivity index (χ1) is 7.18. The summed E-state index contributed by atoms with van der Waals surface area (Å²) in [6, 6.07) is 0. The SMILES string of the molecule is CC(C)(C)NC(=O)OC1C2CC(F)(F)CC21. The molecule has 0 radical (unpaired) electrons. The molecule has 0 bridgehead atoms. The van der Waals surface area contributed by atoms with Crippen molar-refractivity contribution in [1.29, 1.82) is 0 Å². The molecule has 1 N–H and O–H groups in total. The van der Waals surface area contributed by atoms with Crippen molar-refractivity contribution in [1.82, 2.24) is 5.32 Å². The van der Waals surface area contributed by atoms with Gasteiger partial charge in [0, 0.05) is 30.2 Å². The summed E-state index contributed by atoms with van der Waals surface area (Å²) in [5, 5.41) is 2.65. The van der Waals surface area contributed by atoms with Crippen LogP contribution in [0.25, 0.3) is 0 Å². The number of ether oxygens (including phenoxy) is 1. The summed E-state index contributed by atoms with van der Waals surface area (Å²) >= 11 is 0. The van der Waals surface area contributed by atoms with Crippen molar-refractivity contribution < 1.29 is 18.3 Å². The van der Waals surface area contributed by atoms with Crippen LogP contribution in [-0.4, -0.2) is 23.7 Å². The summed E-state index contributed by atoms with van der Waals surface area (Å²) in [7, 11) is 0. The monoisotopic (exact) mass is 233 g/mol. The van der Waals surface area contributed by atoms with E-state index in [4.69, 9.17) is 4.74 Å². The number of hydrogen-bond donors (Lipinski definition) is 1. The minimum absolute atomic E-state index is 0.124. The molecule has 0 aliphatic heterocycles. The highest BCUT2D eigenvalue weighted by molar-refractivity contribution is 5.68.